The van der Waals surface area contributed by atoms with Gasteiger partial charge in [0.15, 0.2) is 0 Å². The van der Waals surface area contributed by atoms with Crippen LogP contribution in [0.1, 0.15) is 119 Å². The zero-order chi connectivity index (χ0) is 16.6. The van der Waals surface area contributed by atoms with Crippen LogP contribution in [0.15, 0.2) is 0 Å². The second kappa shape index (κ2) is 9.33. The molecule has 0 heteroatoms. The van der Waals surface area contributed by atoms with Crippen molar-refractivity contribution in [3.63, 3.8) is 0 Å². The third kappa shape index (κ3) is 5.89. The van der Waals surface area contributed by atoms with E-state index in [1.165, 1.54) is 77.0 Å². The first-order chi connectivity index (χ1) is 10.3. The summed E-state index contributed by atoms with van der Waals surface area (Å²) in [5, 5.41) is 0. The molecule has 0 aromatic carbocycles. The van der Waals surface area contributed by atoms with Gasteiger partial charge in [-0.05, 0) is 35.5 Å². The Morgan fingerprint density at radius 2 is 0.818 bits per heavy atom. The molecule has 0 saturated heterocycles. The maximum absolute atomic E-state index is 2.54. The maximum Gasteiger partial charge on any atom is -0.0326 e. The minimum absolute atomic E-state index is 0.501. The minimum atomic E-state index is 0.501. The van der Waals surface area contributed by atoms with Crippen molar-refractivity contribution in [1.82, 2.24) is 0 Å². The molecule has 2 unspecified atom stereocenters. The standard InChI is InChI=1S/C22H44/c1-7-21(3,4)19-17-15-13-11-9-10-12-14-16-18-20(19)22(5,6)8-2/h19-20H,7-18H2,1-6H3. The molecule has 0 aliphatic heterocycles. The van der Waals surface area contributed by atoms with E-state index in [4.69, 9.17) is 0 Å². The molecule has 2 atom stereocenters. The molecule has 0 bridgehead atoms. The Balaban J connectivity index is 2.95. The molecule has 0 nitrogen and oxygen atoms in total. The van der Waals surface area contributed by atoms with Gasteiger partial charge in [-0.25, -0.2) is 0 Å². The summed E-state index contributed by atoms with van der Waals surface area (Å²) in [6, 6.07) is 0. The van der Waals surface area contributed by atoms with E-state index in [-0.39, 0.29) is 0 Å². The Bertz CT molecular complexity index is 256. The summed E-state index contributed by atoms with van der Waals surface area (Å²) in [6.07, 6.45) is 17.4. The SMILES string of the molecule is CCC(C)(C)C1CCCCCCCCCCC1C(C)(C)CC. The minimum Gasteiger partial charge on any atom is -0.0649 e. The highest BCUT2D eigenvalue weighted by Gasteiger charge is 2.40. The molecule has 1 fully saturated rings. The van der Waals surface area contributed by atoms with Crippen molar-refractivity contribution in [2.24, 2.45) is 22.7 Å². The molecule has 0 amide bonds. The lowest BCUT2D eigenvalue weighted by molar-refractivity contribution is 0.0287. The highest BCUT2D eigenvalue weighted by molar-refractivity contribution is 4.90. The quantitative estimate of drug-likeness (QED) is 0.493. The summed E-state index contributed by atoms with van der Waals surface area (Å²) in [4.78, 5) is 0. The summed E-state index contributed by atoms with van der Waals surface area (Å²) in [7, 11) is 0. The third-order valence-electron chi connectivity index (χ3n) is 7.10. The molecule has 22 heavy (non-hydrogen) atoms. The van der Waals surface area contributed by atoms with Crippen molar-refractivity contribution in [3.8, 4) is 0 Å². The lowest BCUT2D eigenvalue weighted by atomic mass is 9.58. The van der Waals surface area contributed by atoms with E-state index in [1.807, 2.05) is 0 Å². The molecule has 0 radical (unpaired) electrons. The fourth-order valence-electron chi connectivity index (χ4n) is 4.59. The van der Waals surface area contributed by atoms with E-state index in [0.29, 0.717) is 10.8 Å². The van der Waals surface area contributed by atoms with Crippen molar-refractivity contribution in [2.75, 3.05) is 0 Å². The Hall–Kier alpha value is 0. The first kappa shape index (κ1) is 20.0. The fraction of sp³-hybridized carbons (Fsp3) is 1.00. The topological polar surface area (TPSA) is 0 Å². The highest BCUT2D eigenvalue weighted by atomic mass is 14.5. The van der Waals surface area contributed by atoms with Crippen molar-refractivity contribution in [3.05, 3.63) is 0 Å². The van der Waals surface area contributed by atoms with Gasteiger partial charge in [-0.15, -0.1) is 0 Å². The van der Waals surface area contributed by atoms with Gasteiger partial charge in [0.05, 0.1) is 0 Å². The Morgan fingerprint density at radius 1 is 0.545 bits per heavy atom. The molecule has 0 aromatic heterocycles. The Kier molecular flexibility index (Phi) is 8.50. The lowest BCUT2D eigenvalue weighted by Gasteiger charge is -2.47. The van der Waals surface area contributed by atoms with Gasteiger partial charge >= 0.3 is 0 Å². The second-order valence-electron chi connectivity index (χ2n) is 9.30. The smallest absolute Gasteiger partial charge is 0.0326 e. The predicted octanol–water partition coefficient (Wildman–Crippen LogP) is 8.01. The van der Waals surface area contributed by atoms with Crippen molar-refractivity contribution < 1.29 is 0 Å². The average Bonchev–Trinajstić information content (AvgIpc) is 2.47. The molecule has 1 saturated carbocycles. The van der Waals surface area contributed by atoms with Crippen LogP contribution in [0.5, 0.6) is 0 Å². The highest BCUT2D eigenvalue weighted by Crippen LogP contribution is 2.49. The zero-order valence-corrected chi connectivity index (χ0v) is 16.6. The molecule has 132 valence electrons. The fourth-order valence-corrected chi connectivity index (χ4v) is 4.59. The van der Waals surface area contributed by atoms with Gasteiger partial charge in [-0.3, -0.25) is 0 Å². The molecule has 1 aliphatic carbocycles. The van der Waals surface area contributed by atoms with Crippen LogP contribution >= 0.6 is 0 Å². The Morgan fingerprint density at radius 3 is 1.09 bits per heavy atom. The summed E-state index contributed by atoms with van der Waals surface area (Å²) in [6.45, 7) is 15.0. The van der Waals surface area contributed by atoms with Crippen molar-refractivity contribution >= 4 is 0 Å². The number of hydrogen-bond donors (Lipinski definition) is 0. The van der Waals surface area contributed by atoms with E-state index in [2.05, 4.69) is 41.5 Å². The van der Waals surface area contributed by atoms with Gasteiger partial charge in [-0.2, -0.15) is 0 Å². The predicted molar refractivity (Wildman–Crippen MR) is 101 cm³/mol. The summed E-state index contributed by atoms with van der Waals surface area (Å²) >= 11 is 0. The molecular formula is C22H44. The monoisotopic (exact) mass is 308 g/mol. The van der Waals surface area contributed by atoms with Gasteiger partial charge in [0.1, 0.15) is 0 Å². The van der Waals surface area contributed by atoms with Crippen LogP contribution in [0.3, 0.4) is 0 Å². The largest absolute Gasteiger partial charge is 0.0649 e. The summed E-state index contributed by atoms with van der Waals surface area (Å²) in [5.41, 5.74) is 1.00. The maximum atomic E-state index is 2.54. The summed E-state index contributed by atoms with van der Waals surface area (Å²) in [5.74, 6) is 1.82. The first-order valence-corrected chi connectivity index (χ1v) is 10.3. The second-order valence-corrected chi connectivity index (χ2v) is 9.30. The van der Waals surface area contributed by atoms with Crippen LogP contribution in [-0.4, -0.2) is 0 Å². The van der Waals surface area contributed by atoms with Gasteiger partial charge in [0.25, 0.3) is 0 Å². The van der Waals surface area contributed by atoms with Gasteiger partial charge in [-0.1, -0.05) is 106 Å². The van der Waals surface area contributed by atoms with E-state index < -0.39 is 0 Å². The van der Waals surface area contributed by atoms with Gasteiger partial charge in [0, 0.05) is 0 Å². The molecular weight excluding hydrogens is 264 g/mol. The molecule has 1 aliphatic rings. The first-order valence-electron chi connectivity index (χ1n) is 10.3. The normalized spacial score (nSPS) is 27.0. The van der Waals surface area contributed by atoms with Crippen molar-refractivity contribution in [1.29, 1.82) is 0 Å². The molecule has 0 spiro atoms. The van der Waals surface area contributed by atoms with Crippen LogP contribution in [0, 0.1) is 22.7 Å². The number of hydrogen-bond acceptors (Lipinski definition) is 0. The van der Waals surface area contributed by atoms with Crippen molar-refractivity contribution in [2.45, 2.75) is 119 Å². The molecule has 0 heterocycles. The Labute approximate surface area is 141 Å². The van der Waals surface area contributed by atoms with E-state index in [0.717, 1.165) is 11.8 Å². The van der Waals surface area contributed by atoms with Gasteiger partial charge in [0.2, 0.25) is 0 Å². The van der Waals surface area contributed by atoms with Gasteiger partial charge < -0.3 is 0 Å². The van der Waals surface area contributed by atoms with Crippen LogP contribution in [0.2, 0.25) is 0 Å². The average molecular weight is 309 g/mol. The van der Waals surface area contributed by atoms with Crippen LogP contribution in [0.4, 0.5) is 0 Å². The molecule has 1 rings (SSSR count). The van der Waals surface area contributed by atoms with E-state index in [9.17, 15) is 0 Å². The van der Waals surface area contributed by atoms with Crippen LogP contribution in [0.25, 0.3) is 0 Å². The van der Waals surface area contributed by atoms with E-state index in [1.54, 1.807) is 0 Å². The summed E-state index contributed by atoms with van der Waals surface area (Å²) < 4.78 is 0. The number of rotatable bonds is 4. The molecule has 0 N–H and O–H groups in total. The molecule has 0 aromatic rings. The third-order valence-corrected chi connectivity index (χ3v) is 7.10. The van der Waals surface area contributed by atoms with E-state index >= 15 is 0 Å². The van der Waals surface area contributed by atoms with Crippen LogP contribution in [-0.2, 0) is 0 Å². The van der Waals surface area contributed by atoms with Crippen LogP contribution < -0.4 is 0 Å². The zero-order valence-electron chi connectivity index (χ0n) is 16.6. The lowest BCUT2D eigenvalue weighted by Crippen LogP contribution is -2.38.